The maximum absolute atomic E-state index is 13.5. The molecule has 0 spiro atoms. The summed E-state index contributed by atoms with van der Waals surface area (Å²) >= 11 is 9.56. The number of hydrogen-bond donors (Lipinski definition) is 0. The van der Waals surface area contributed by atoms with Crippen molar-refractivity contribution in [3.8, 4) is 0 Å². The van der Waals surface area contributed by atoms with Crippen molar-refractivity contribution in [1.82, 2.24) is 4.90 Å². The standard InChI is InChI=1S/C24H14BrClFNO3/c25-15-3-1-2-14(10-15)21-20-22(29)18-11-16(26)6-9-19(18)31-23(20)24(30)28(21)12-13-4-7-17(27)8-5-13/h1-11,21H,12H2. The van der Waals surface area contributed by atoms with Gasteiger partial charge in [0.2, 0.25) is 5.76 Å². The van der Waals surface area contributed by atoms with E-state index in [9.17, 15) is 14.0 Å². The maximum atomic E-state index is 13.5. The lowest BCUT2D eigenvalue weighted by atomic mass is 9.98. The number of nitrogens with zero attached hydrogens (tertiary/aromatic N) is 1. The number of benzene rings is 3. The zero-order chi connectivity index (χ0) is 21.7. The fourth-order valence-corrected chi connectivity index (χ4v) is 4.55. The highest BCUT2D eigenvalue weighted by atomic mass is 79.9. The molecule has 1 atom stereocenters. The Balaban J connectivity index is 1.73. The molecule has 1 aliphatic heterocycles. The number of fused-ring (bicyclic) bond motifs is 2. The molecule has 31 heavy (non-hydrogen) atoms. The molecule has 7 heteroatoms. The van der Waals surface area contributed by atoms with Crippen molar-refractivity contribution in [2.75, 3.05) is 0 Å². The minimum atomic E-state index is -0.648. The van der Waals surface area contributed by atoms with Crippen LogP contribution in [0, 0.1) is 5.82 Å². The Morgan fingerprint density at radius 2 is 1.81 bits per heavy atom. The third-order valence-corrected chi connectivity index (χ3v) is 6.09. The summed E-state index contributed by atoms with van der Waals surface area (Å²) in [4.78, 5) is 28.4. The molecule has 1 unspecified atom stereocenters. The normalized spacial score (nSPS) is 15.5. The second-order valence-corrected chi connectivity index (χ2v) is 8.68. The number of rotatable bonds is 3. The molecule has 0 radical (unpaired) electrons. The van der Waals surface area contributed by atoms with E-state index in [1.165, 1.54) is 12.1 Å². The van der Waals surface area contributed by atoms with Crippen molar-refractivity contribution in [3.05, 3.63) is 115 Å². The van der Waals surface area contributed by atoms with Crippen LogP contribution in [0.5, 0.6) is 0 Å². The lowest BCUT2D eigenvalue weighted by molar-refractivity contribution is 0.0714. The van der Waals surface area contributed by atoms with Crippen LogP contribution in [0.1, 0.15) is 33.3 Å². The summed E-state index contributed by atoms with van der Waals surface area (Å²) < 4.78 is 20.1. The van der Waals surface area contributed by atoms with E-state index in [0.29, 0.717) is 16.0 Å². The highest BCUT2D eigenvalue weighted by Gasteiger charge is 2.42. The smallest absolute Gasteiger partial charge is 0.291 e. The third kappa shape index (κ3) is 3.46. The van der Waals surface area contributed by atoms with Crippen molar-refractivity contribution >= 4 is 44.4 Å². The van der Waals surface area contributed by atoms with E-state index in [4.69, 9.17) is 16.0 Å². The van der Waals surface area contributed by atoms with Crippen LogP contribution in [0.3, 0.4) is 0 Å². The summed E-state index contributed by atoms with van der Waals surface area (Å²) in [7, 11) is 0. The van der Waals surface area contributed by atoms with Gasteiger partial charge in [0.05, 0.1) is 17.0 Å². The van der Waals surface area contributed by atoms with Crippen LogP contribution in [0.15, 0.2) is 80.4 Å². The van der Waals surface area contributed by atoms with Gasteiger partial charge in [0.15, 0.2) is 5.43 Å². The van der Waals surface area contributed by atoms with Gasteiger partial charge in [0, 0.05) is 16.0 Å². The van der Waals surface area contributed by atoms with Gasteiger partial charge in [-0.1, -0.05) is 51.8 Å². The average Bonchev–Trinajstić information content (AvgIpc) is 3.02. The molecular weight excluding hydrogens is 485 g/mol. The topological polar surface area (TPSA) is 50.5 Å². The Hall–Kier alpha value is -2.96. The lowest BCUT2D eigenvalue weighted by Crippen LogP contribution is -2.29. The summed E-state index contributed by atoms with van der Waals surface area (Å²) in [5.74, 6) is -0.728. The van der Waals surface area contributed by atoms with Crippen molar-refractivity contribution < 1.29 is 13.6 Å². The van der Waals surface area contributed by atoms with Crippen LogP contribution in [-0.4, -0.2) is 10.8 Å². The first kappa shape index (κ1) is 20.0. The van der Waals surface area contributed by atoms with E-state index in [2.05, 4.69) is 15.9 Å². The van der Waals surface area contributed by atoms with Gasteiger partial charge >= 0.3 is 0 Å². The summed E-state index contributed by atoms with van der Waals surface area (Å²) in [5, 5.41) is 0.730. The maximum Gasteiger partial charge on any atom is 0.291 e. The Kier molecular flexibility index (Phi) is 4.91. The molecule has 1 aromatic heterocycles. The van der Waals surface area contributed by atoms with Crippen LogP contribution < -0.4 is 5.43 Å². The molecule has 4 aromatic rings. The molecule has 154 valence electrons. The van der Waals surface area contributed by atoms with Crippen LogP contribution in [0.25, 0.3) is 11.0 Å². The summed E-state index contributed by atoms with van der Waals surface area (Å²) in [6.07, 6.45) is 0. The largest absolute Gasteiger partial charge is 0.450 e. The molecule has 0 aliphatic carbocycles. The molecule has 2 heterocycles. The molecule has 5 rings (SSSR count). The Morgan fingerprint density at radius 1 is 1.03 bits per heavy atom. The van der Waals surface area contributed by atoms with Crippen LogP contribution >= 0.6 is 27.5 Å². The Labute approximate surface area is 190 Å². The molecule has 0 saturated heterocycles. The minimum absolute atomic E-state index is 0.0203. The van der Waals surface area contributed by atoms with E-state index in [1.54, 1.807) is 35.2 Å². The van der Waals surface area contributed by atoms with Gasteiger partial charge in [-0.2, -0.15) is 0 Å². The minimum Gasteiger partial charge on any atom is -0.450 e. The molecule has 1 aliphatic rings. The van der Waals surface area contributed by atoms with Gasteiger partial charge in [0.25, 0.3) is 5.91 Å². The number of amides is 1. The molecule has 1 amide bonds. The molecule has 3 aromatic carbocycles. The summed E-state index contributed by atoms with van der Waals surface area (Å²) in [6, 6.07) is 17.5. The van der Waals surface area contributed by atoms with Gasteiger partial charge in [0.1, 0.15) is 11.4 Å². The second-order valence-electron chi connectivity index (χ2n) is 7.33. The van der Waals surface area contributed by atoms with Crippen molar-refractivity contribution in [3.63, 3.8) is 0 Å². The monoisotopic (exact) mass is 497 g/mol. The van der Waals surface area contributed by atoms with Crippen LogP contribution in [0.4, 0.5) is 4.39 Å². The zero-order valence-electron chi connectivity index (χ0n) is 15.9. The molecule has 0 bridgehead atoms. The molecule has 0 fully saturated rings. The number of halogens is 3. The first-order valence-corrected chi connectivity index (χ1v) is 10.7. The number of carbonyl (C=O) groups excluding carboxylic acids is 1. The van der Waals surface area contributed by atoms with Gasteiger partial charge in [-0.15, -0.1) is 0 Å². The van der Waals surface area contributed by atoms with Crippen molar-refractivity contribution in [2.45, 2.75) is 12.6 Å². The fourth-order valence-electron chi connectivity index (χ4n) is 3.97. The number of hydrogen-bond acceptors (Lipinski definition) is 3. The molecule has 0 N–H and O–H groups in total. The SMILES string of the molecule is O=C1c2oc3ccc(Cl)cc3c(=O)c2C(c2cccc(Br)c2)N1Cc1ccc(F)cc1. The van der Waals surface area contributed by atoms with E-state index < -0.39 is 11.9 Å². The van der Waals surface area contributed by atoms with E-state index in [0.717, 1.165) is 15.6 Å². The first-order chi connectivity index (χ1) is 14.9. The van der Waals surface area contributed by atoms with Gasteiger partial charge in [-0.25, -0.2) is 4.39 Å². The molecule has 0 saturated carbocycles. The molecular formula is C24H14BrClFNO3. The number of carbonyl (C=O) groups is 1. The highest BCUT2D eigenvalue weighted by molar-refractivity contribution is 9.10. The van der Waals surface area contributed by atoms with Gasteiger partial charge in [-0.3, -0.25) is 9.59 Å². The molecule has 4 nitrogen and oxygen atoms in total. The van der Waals surface area contributed by atoms with Crippen LogP contribution in [-0.2, 0) is 6.54 Å². The fraction of sp³-hybridized carbons (Fsp3) is 0.0833. The lowest BCUT2D eigenvalue weighted by Gasteiger charge is -2.25. The summed E-state index contributed by atoms with van der Waals surface area (Å²) in [5.41, 5.74) is 1.79. The third-order valence-electron chi connectivity index (χ3n) is 5.36. The average molecular weight is 499 g/mol. The van der Waals surface area contributed by atoms with E-state index in [1.807, 2.05) is 24.3 Å². The van der Waals surface area contributed by atoms with Gasteiger partial charge < -0.3 is 9.32 Å². The van der Waals surface area contributed by atoms with Gasteiger partial charge in [-0.05, 0) is 53.6 Å². The summed E-state index contributed by atoms with van der Waals surface area (Å²) in [6.45, 7) is 0.192. The van der Waals surface area contributed by atoms with Crippen LogP contribution in [0.2, 0.25) is 5.02 Å². The quantitative estimate of drug-likeness (QED) is 0.343. The predicted octanol–water partition coefficient (Wildman–Crippen LogP) is 6.09. The van der Waals surface area contributed by atoms with Crippen molar-refractivity contribution in [1.29, 1.82) is 0 Å². The van der Waals surface area contributed by atoms with E-state index in [-0.39, 0.29) is 29.1 Å². The first-order valence-electron chi connectivity index (χ1n) is 9.49. The predicted molar refractivity (Wildman–Crippen MR) is 120 cm³/mol. The van der Waals surface area contributed by atoms with E-state index >= 15 is 0 Å². The van der Waals surface area contributed by atoms with Crippen molar-refractivity contribution in [2.24, 2.45) is 0 Å². The Bertz CT molecular complexity index is 1400. The Morgan fingerprint density at radius 3 is 2.55 bits per heavy atom. The second kappa shape index (κ2) is 7.62. The zero-order valence-corrected chi connectivity index (χ0v) is 18.3. The highest BCUT2D eigenvalue weighted by Crippen LogP contribution is 2.40.